The van der Waals surface area contributed by atoms with Gasteiger partial charge in [-0.1, -0.05) is 19.1 Å². The van der Waals surface area contributed by atoms with Crippen LogP contribution in [-0.2, 0) is 12.8 Å². The van der Waals surface area contributed by atoms with Gasteiger partial charge in [0.2, 0.25) is 0 Å². The van der Waals surface area contributed by atoms with Crippen molar-refractivity contribution in [2.24, 2.45) is 0 Å². The summed E-state index contributed by atoms with van der Waals surface area (Å²) in [7, 11) is 0. The van der Waals surface area contributed by atoms with Crippen LogP contribution < -0.4 is 4.74 Å². The second kappa shape index (κ2) is 6.73. The molecule has 0 atom stereocenters. The molecule has 1 aromatic rings. The van der Waals surface area contributed by atoms with Crippen LogP contribution in [-0.4, -0.2) is 12.5 Å². The third kappa shape index (κ3) is 3.42. The lowest BCUT2D eigenvalue weighted by Crippen LogP contribution is -2.00. The van der Waals surface area contributed by atoms with E-state index >= 15 is 0 Å². The fourth-order valence-electron chi connectivity index (χ4n) is 1.79. The van der Waals surface area contributed by atoms with E-state index in [4.69, 9.17) is 16.3 Å². The van der Waals surface area contributed by atoms with Gasteiger partial charge in [-0.3, -0.25) is 0 Å². The van der Waals surface area contributed by atoms with Gasteiger partial charge in [0.15, 0.2) is 0 Å². The molecule has 0 heterocycles. The number of halogens is 1. The number of hydrogen-bond acceptors (Lipinski definition) is 1. The van der Waals surface area contributed by atoms with E-state index in [0.29, 0.717) is 0 Å². The highest BCUT2D eigenvalue weighted by Crippen LogP contribution is 2.24. The summed E-state index contributed by atoms with van der Waals surface area (Å²) in [4.78, 5) is 0. The molecule has 0 spiro atoms. The van der Waals surface area contributed by atoms with E-state index in [1.165, 1.54) is 11.1 Å². The first kappa shape index (κ1) is 12.4. The van der Waals surface area contributed by atoms with E-state index in [-0.39, 0.29) is 0 Å². The number of rotatable bonds is 6. The van der Waals surface area contributed by atoms with Gasteiger partial charge in [-0.15, -0.1) is 11.6 Å². The zero-order valence-corrected chi connectivity index (χ0v) is 10.3. The first-order valence-electron chi connectivity index (χ1n) is 5.63. The first-order chi connectivity index (χ1) is 7.33. The summed E-state index contributed by atoms with van der Waals surface area (Å²) in [5.41, 5.74) is 2.72. The zero-order valence-electron chi connectivity index (χ0n) is 9.55. The zero-order chi connectivity index (χ0) is 11.1. The lowest BCUT2D eigenvalue weighted by molar-refractivity contribution is 0.336. The van der Waals surface area contributed by atoms with Crippen LogP contribution in [0.1, 0.15) is 31.4 Å². The van der Waals surface area contributed by atoms with Gasteiger partial charge in [0, 0.05) is 5.88 Å². The molecule has 1 nitrogen and oxygen atoms in total. The minimum Gasteiger partial charge on any atom is -0.494 e. The topological polar surface area (TPSA) is 9.23 Å². The van der Waals surface area contributed by atoms with Crippen LogP contribution in [0, 0.1) is 0 Å². The van der Waals surface area contributed by atoms with Crippen molar-refractivity contribution in [1.82, 2.24) is 0 Å². The molecule has 0 unspecified atom stereocenters. The van der Waals surface area contributed by atoms with Crippen LogP contribution in [0.3, 0.4) is 0 Å². The van der Waals surface area contributed by atoms with Crippen LogP contribution in [0.4, 0.5) is 0 Å². The minimum absolute atomic E-state index is 0.724. The van der Waals surface area contributed by atoms with Crippen LogP contribution in [0.25, 0.3) is 0 Å². The molecule has 0 N–H and O–H groups in total. The Bertz CT molecular complexity index is 297. The molecule has 0 radical (unpaired) electrons. The molecule has 1 rings (SSSR count). The van der Waals surface area contributed by atoms with Crippen molar-refractivity contribution >= 4 is 11.6 Å². The number of aryl methyl sites for hydroxylation is 1. The average Bonchev–Trinajstić information content (AvgIpc) is 2.27. The van der Waals surface area contributed by atoms with Gasteiger partial charge in [0.1, 0.15) is 5.75 Å². The van der Waals surface area contributed by atoms with Gasteiger partial charge in [-0.25, -0.2) is 0 Å². The SMILES string of the molecule is CCOc1cccc(CCCCl)c1CC. The maximum absolute atomic E-state index is 5.72. The average molecular weight is 227 g/mol. The Balaban J connectivity index is 2.88. The lowest BCUT2D eigenvalue weighted by atomic mass is 10.0. The molecule has 0 saturated carbocycles. The third-order valence-electron chi connectivity index (χ3n) is 2.46. The van der Waals surface area contributed by atoms with Crippen LogP contribution >= 0.6 is 11.6 Å². The monoisotopic (exact) mass is 226 g/mol. The minimum atomic E-state index is 0.724. The molecule has 0 aliphatic heterocycles. The molecule has 2 heteroatoms. The molecule has 84 valence electrons. The second-order valence-corrected chi connectivity index (χ2v) is 3.85. The number of benzene rings is 1. The van der Waals surface area contributed by atoms with Gasteiger partial charge < -0.3 is 4.74 Å². The molecule has 1 aromatic carbocycles. The highest BCUT2D eigenvalue weighted by atomic mass is 35.5. The van der Waals surface area contributed by atoms with E-state index < -0.39 is 0 Å². The Morgan fingerprint density at radius 3 is 2.67 bits per heavy atom. The van der Waals surface area contributed by atoms with Crippen molar-refractivity contribution in [3.63, 3.8) is 0 Å². The molecular weight excluding hydrogens is 208 g/mol. The quantitative estimate of drug-likeness (QED) is 0.671. The van der Waals surface area contributed by atoms with Gasteiger partial charge in [-0.2, -0.15) is 0 Å². The van der Waals surface area contributed by atoms with Gasteiger partial charge >= 0.3 is 0 Å². The van der Waals surface area contributed by atoms with E-state index in [1.807, 2.05) is 13.0 Å². The Morgan fingerprint density at radius 2 is 2.07 bits per heavy atom. The molecule has 0 amide bonds. The Morgan fingerprint density at radius 1 is 1.27 bits per heavy atom. The summed E-state index contributed by atoms with van der Waals surface area (Å²) in [6, 6.07) is 6.29. The molecule has 0 saturated heterocycles. The van der Waals surface area contributed by atoms with E-state index in [9.17, 15) is 0 Å². The molecular formula is C13H19ClO. The summed E-state index contributed by atoms with van der Waals surface area (Å²) in [5.74, 6) is 1.76. The number of alkyl halides is 1. The van der Waals surface area contributed by atoms with Crippen molar-refractivity contribution in [3.05, 3.63) is 29.3 Å². The Hall–Kier alpha value is -0.690. The van der Waals surface area contributed by atoms with Gasteiger partial charge in [-0.05, 0) is 43.4 Å². The number of ether oxygens (including phenoxy) is 1. The summed E-state index contributed by atoms with van der Waals surface area (Å²) >= 11 is 5.72. The van der Waals surface area contributed by atoms with Crippen molar-refractivity contribution in [2.75, 3.05) is 12.5 Å². The fraction of sp³-hybridized carbons (Fsp3) is 0.538. The van der Waals surface area contributed by atoms with Crippen molar-refractivity contribution < 1.29 is 4.74 Å². The standard InChI is InChI=1S/C13H19ClO/c1-3-12-11(8-6-10-14)7-5-9-13(12)15-4-2/h5,7,9H,3-4,6,8,10H2,1-2H3. The summed E-state index contributed by atoms with van der Waals surface area (Å²) in [5, 5.41) is 0. The summed E-state index contributed by atoms with van der Waals surface area (Å²) < 4.78 is 5.62. The predicted octanol–water partition coefficient (Wildman–Crippen LogP) is 3.82. The van der Waals surface area contributed by atoms with E-state index in [0.717, 1.165) is 37.5 Å². The predicted molar refractivity (Wildman–Crippen MR) is 66.0 cm³/mol. The first-order valence-corrected chi connectivity index (χ1v) is 6.16. The van der Waals surface area contributed by atoms with E-state index in [1.54, 1.807) is 0 Å². The highest BCUT2D eigenvalue weighted by Gasteiger charge is 2.06. The van der Waals surface area contributed by atoms with Gasteiger partial charge in [0.05, 0.1) is 6.61 Å². The maximum Gasteiger partial charge on any atom is 0.122 e. The molecule has 15 heavy (non-hydrogen) atoms. The highest BCUT2D eigenvalue weighted by molar-refractivity contribution is 6.17. The van der Waals surface area contributed by atoms with Crippen molar-refractivity contribution in [2.45, 2.75) is 33.1 Å². The maximum atomic E-state index is 5.72. The molecule has 0 aromatic heterocycles. The molecule has 0 fully saturated rings. The molecule has 0 aliphatic rings. The molecule has 0 aliphatic carbocycles. The van der Waals surface area contributed by atoms with Gasteiger partial charge in [0.25, 0.3) is 0 Å². The van der Waals surface area contributed by atoms with E-state index in [2.05, 4.69) is 19.1 Å². The summed E-state index contributed by atoms with van der Waals surface area (Å²) in [6.45, 7) is 4.92. The molecule has 0 bridgehead atoms. The Labute approximate surface area is 97.4 Å². The lowest BCUT2D eigenvalue weighted by Gasteiger charge is -2.13. The van der Waals surface area contributed by atoms with Crippen molar-refractivity contribution in [1.29, 1.82) is 0 Å². The second-order valence-electron chi connectivity index (χ2n) is 3.47. The van der Waals surface area contributed by atoms with Crippen LogP contribution in [0.15, 0.2) is 18.2 Å². The largest absolute Gasteiger partial charge is 0.494 e. The Kier molecular flexibility index (Phi) is 5.56. The normalized spacial score (nSPS) is 10.3. The summed E-state index contributed by atoms with van der Waals surface area (Å²) in [6.07, 6.45) is 3.10. The van der Waals surface area contributed by atoms with Crippen LogP contribution in [0.2, 0.25) is 0 Å². The van der Waals surface area contributed by atoms with Crippen molar-refractivity contribution in [3.8, 4) is 5.75 Å². The fourth-order valence-corrected chi connectivity index (χ4v) is 1.93. The van der Waals surface area contributed by atoms with Crippen LogP contribution in [0.5, 0.6) is 5.75 Å². The number of hydrogen-bond donors (Lipinski definition) is 0. The smallest absolute Gasteiger partial charge is 0.122 e. The third-order valence-corrected chi connectivity index (χ3v) is 2.73.